The fourth-order valence-electron chi connectivity index (χ4n) is 3.85. The summed E-state index contributed by atoms with van der Waals surface area (Å²) in [6.45, 7) is 2.24. The van der Waals surface area contributed by atoms with E-state index >= 15 is 0 Å². The lowest BCUT2D eigenvalue weighted by atomic mass is 10.1. The molecular weight excluding hydrogens is 555 g/mol. The Labute approximate surface area is 225 Å². The van der Waals surface area contributed by atoms with Gasteiger partial charge in [-0.25, -0.2) is 9.18 Å². The smallest absolute Gasteiger partial charge is 0.490 e. The van der Waals surface area contributed by atoms with E-state index in [1.54, 1.807) is 0 Å². The van der Waals surface area contributed by atoms with Crippen molar-refractivity contribution in [3.8, 4) is 17.1 Å². The van der Waals surface area contributed by atoms with Gasteiger partial charge < -0.3 is 25.0 Å². The molecule has 16 heteroatoms. The molecule has 4 N–H and O–H groups in total. The molecule has 0 amide bonds. The van der Waals surface area contributed by atoms with E-state index in [4.69, 9.17) is 30.3 Å². The Hall–Kier alpha value is -3.59. The van der Waals surface area contributed by atoms with E-state index in [1.807, 2.05) is 0 Å². The summed E-state index contributed by atoms with van der Waals surface area (Å²) in [6, 6.07) is 2.86. The molecule has 3 rings (SSSR count). The highest BCUT2D eigenvalue weighted by atomic mass is 19.4. The molecule has 0 bridgehead atoms. The molecule has 40 heavy (non-hydrogen) atoms. The summed E-state index contributed by atoms with van der Waals surface area (Å²) in [6.07, 6.45) is -4.92. The van der Waals surface area contributed by atoms with Crippen LogP contribution in [0.25, 0.3) is 11.4 Å². The number of benzene rings is 1. The molecule has 0 aliphatic carbocycles. The second-order valence-corrected chi connectivity index (χ2v) is 8.97. The zero-order chi connectivity index (χ0) is 30.1. The largest absolute Gasteiger partial charge is 0.493 e. The van der Waals surface area contributed by atoms with Crippen LogP contribution in [0.4, 0.5) is 30.7 Å². The monoisotopic (exact) mass is 585 g/mol. The molecule has 0 saturated carbocycles. The van der Waals surface area contributed by atoms with E-state index in [2.05, 4.69) is 17.1 Å². The van der Waals surface area contributed by atoms with Gasteiger partial charge in [-0.2, -0.15) is 31.3 Å². The average Bonchev–Trinajstić information content (AvgIpc) is 3.50. The zero-order valence-corrected chi connectivity index (χ0v) is 21.5. The van der Waals surface area contributed by atoms with E-state index in [9.17, 15) is 30.7 Å². The molecule has 1 aromatic carbocycles. The van der Waals surface area contributed by atoms with Crippen molar-refractivity contribution < 1.29 is 49.9 Å². The number of hydrogen-bond acceptors (Lipinski definition) is 6. The summed E-state index contributed by atoms with van der Waals surface area (Å²) >= 11 is 0. The molecule has 0 radical (unpaired) electrons. The van der Waals surface area contributed by atoms with Gasteiger partial charge in [0.1, 0.15) is 18.0 Å². The van der Waals surface area contributed by atoms with Gasteiger partial charge in [-0.05, 0) is 24.6 Å². The highest BCUT2D eigenvalue weighted by Crippen LogP contribution is 2.39. The van der Waals surface area contributed by atoms with Crippen molar-refractivity contribution in [2.24, 2.45) is 5.73 Å². The molecule has 1 saturated heterocycles. The molecule has 1 fully saturated rings. The molecule has 1 aliphatic heterocycles. The van der Waals surface area contributed by atoms with Crippen LogP contribution in [0.15, 0.2) is 22.7 Å². The Morgan fingerprint density at radius 2 is 1.80 bits per heavy atom. The summed E-state index contributed by atoms with van der Waals surface area (Å²) in [5.41, 5.74) is 4.65. The van der Waals surface area contributed by atoms with Crippen molar-refractivity contribution in [1.29, 1.82) is 5.41 Å². The van der Waals surface area contributed by atoms with Gasteiger partial charge in [0.2, 0.25) is 11.7 Å². The molecule has 2 heterocycles. The predicted molar refractivity (Wildman–Crippen MR) is 128 cm³/mol. The van der Waals surface area contributed by atoms with Crippen LogP contribution >= 0.6 is 0 Å². The van der Waals surface area contributed by atoms with Crippen molar-refractivity contribution in [1.82, 2.24) is 15.0 Å². The number of nitrogens with zero attached hydrogens (tertiary/aromatic N) is 3. The van der Waals surface area contributed by atoms with Crippen LogP contribution in [-0.2, 0) is 11.0 Å². The first-order chi connectivity index (χ1) is 18.6. The number of halogens is 7. The van der Waals surface area contributed by atoms with E-state index in [0.29, 0.717) is 6.42 Å². The standard InChI is InChI=1S/C22H29F4N5O2.C2HF3O2/c1-2-3-4-5-6-7-10-32-18-9-8-14(11-16(18)22(24,25)26)19-29-20(33-30-19)17-12-15(23)13-31(17)21(27)28;3-2(4,5)1(6)7/h8-9,11,15,17H,2-7,10,12-13H2,1H3,(H3,27,28);(H,6,7)/t15-,17-;/m0./s1. The van der Waals surface area contributed by atoms with Crippen molar-refractivity contribution in [2.45, 2.75) is 76.4 Å². The van der Waals surface area contributed by atoms with E-state index in [1.165, 1.54) is 17.0 Å². The Bertz CT molecular complexity index is 1120. The summed E-state index contributed by atoms with van der Waals surface area (Å²) in [5, 5.41) is 18.5. The van der Waals surface area contributed by atoms with Crippen molar-refractivity contribution in [3.63, 3.8) is 0 Å². The van der Waals surface area contributed by atoms with Gasteiger partial charge >= 0.3 is 18.3 Å². The summed E-state index contributed by atoms with van der Waals surface area (Å²) in [4.78, 5) is 14.3. The zero-order valence-electron chi connectivity index (χ0n) is 21.5. The van der Waals surface area contributed by atoms with Gasteiger partial charge in [0.05, 0.1) is 18.7 Å². The fourth-order valence-corrected chi connectivity index (χ4v) is 3.85. The highest BCUT2D eigenvalue weighted by Gasteiger charge is 2.39. The number of nitrogens with one attached hydrogen (secondary N) is 1. The maximum absolute atomic E-state index is 13.8. The number of unbranched alkanes of at least 4 members (excludes halogenated alkanes) is 5. The van der Waals surface area contributed by atoms with Crippen molar-refractivity contribution in [3.05, 3.63) is 29.7 Å². The lowest BCUT2D eigenvalue weighted by Gasteiger charge is -2.20. The van der Waals surface area contributed by atoms with E-state index in [-0.39, 0.29) is 48.6 Å². The van der Waals surface area contributed by atoms with Crippen LogP contribution in [0.2, 0.25) is 0 Å². The minimum Gasteiger partial charge on any atom is -0.493 e. The summed E-state index contributed by atoms with van der Waals surface area (Å²) in [5.74, 6) is -3.41. The SMILES string of the molecule is CCCCCCCCOc1ccc(-c2noc([C@@H]3C[C@H](F)CN3C(=N)N)n2)cc1C(F)(F)F.O=C(O)C(F)(F)F. The molecule has 0 spiro atoms. The number of nitrogens with two attached hydrogens (primary N) is 1. The number of hydrogen-bond donors (Lipinski definition) is 3. The van der Waals surface area contributed by atoms with Crippen LogP contribution in [0.5, 0.6) is 5.75 Å². The topological polar surface area (TPSA) is 139 Å². The van der Waals surface area contributed by atoms with Crippen LogP contribution in [0, 0.1) is 5.41 Å². The number of rotatable bonds is 10. The minimum absolute atomic E-state index is 0.000235. The number of aliphatic carboxylic acids is 1. The third kappa shape index (κ3) is 9.55. The maximum atomic E-state index is 13.8. The molecule has 2 atom stereocenters. The average molecular weight is 586 g/mol. The first-order valence-electron chi connectivity index (χ1n) is 12.4. The van der Waals surface area contributed by atoms with E-state index in [0.717, 1.165) is 38.2 Å². The lowest BCUT2D eigenvalue weighted by Crippen LogP contribution is -2.36. The Morgan fingerprint density at radius 1 is 1.18 bits per heavy atom. The Kier molecular flexibility index (Phi) is 11.5. The van der Waals surface area contributed by atoms with Gasteiger partial charge in [0.25, 0.3) is 0 Å². The number of likely N-dealkylation sites (tertiary alicyclic amines) is 1. The second kappa shape index (κ2) is 14.2. The Morgan fingerprint density at radius 3 is 2.38 bits per heavy atom. The van der Waals surface area contributed by atoms with E-state index < -0.39 is 36.1 Å². The molecule has 2 aromatic rings. The molecule has 1 aliphatic rings. The number of carboxylic acid groups (broad SMARTS) is 1. The van der Waals surface area contributed by atoms with Crippen LogP contribution < -0.4 is 10.5 Å². The summed E-state index contributed by atoms with van der Waals surface area (Å²) in [7, 11) is 0. The van der Waals surface area contributed by atoms with Crippen molar-refractivity contribution >= 4 is 11.9 Å². The minimum atomic E-state index is -5.08. The third-order valence-electron chi connectivity index (χ3n) is 5.83. The van der Waals surface area contributed by atoms with Crippen LogP contribution in [0.3, 0.4) is 0 Å². The summed E-state index contributed by atoms with van der Waals surface area (Å²) < 4.78 is 97.1. The number of aromatic nitrogens is 2. The van der Waals surface area contributed by atoms with Gasteiger partial charge in [-0.1, -0.05) is 44.2 Å². The quantitative estimate of drug-likeness (QED) is 0.132. The molecule has 224 valence electrons. The third-order valence-corrected chi connectivity index (χ3v) is 5.83. The number of carboxylic acids is 1. The number of guanidine groups is 1. The highest BCUT2D eigenvalue weighted by molar-refractivity contribution is 5.75. The maximum Gasteiger partial charge on any atom is 0.490 e. The second-order valence-electron chi connectivity index (χ2n) is 8.97. The number of carbonyl (C=O) groups is 1. The van der Waals surface area contributed by atoms with Crippen LogP contribution in [0.1, 0.15) is 69.4 Å². The molecule has 1 aromatic heterocycles. The first kappa shape index (κ1) is 32.6. The number of ether oxygens (including phenoxy) is 1. The van der Waals surface area contributed by atoms with Gasteiger partial charge in [0, 0.05) is 12.0 Å². The predicted octanol–water partition coefficient (Wildman–Crippen LogP) is 6.11. The molecule has 0 unspecified atom stereocenters. The van der Waals surface area contributed by atoms with Crippen molar-refractivity contribution in [2.75, 3.05) is 13.2 Å². The molecule has 9 nitrogen and oxygen atoms in total. The molecular formula is C24H30F7N5O4. The lowest BCUT2D eigenvalue weighted by molar-refractivity contribution is -0.192. The van der Waals surface area contributed by atoms with Gasteiger partial charge in [0.15, 0.2) is 5.96 Å². The number of alkyl halides is 7. The van der Waals surface area contributed by atoms with Gasteiger partial charge in [-0.15, -0.1) is 0 Å². The normalized spacial score (nSPS) is 17.4. The first-order valence-corrected chi connectivity index (χ1v) is 12.4. The Balaban J connectivity index is 0.000000708. The fraction of sp³-hybridized carbons (Fsp3) is 0.583. The van der Waals surface area contributed by atoms with Gasteiger partial charge in [-0.3, -0.25) is 5.41 Å². The van der Waals surface area contributed by atoms with Crippen LogP contribution in [-0.4, -0.2) is 57.6 Å².